The second-order valence-corrected chi connectivity index (χ2v) is 8.84. The predicted octanol–water partition coefficient (Wildman–Crippen LogP) is 6.05. The number of ether oxygens (including phenoxy) is 2. The van der Waals surface area contributed by atoms with Crippen molar-refractivity contribution in [2.75, 3.05) is 23.8 Å². The minimum absolute atomic E-state index is 0.115. The van der Waals surface area contributed by atoms with Crippen LogP contribution in [0.2, 0.25) is 5.02 Å². The van der Waals surface area contributed by atoms with E-state index in [0.29, 0.717) is 43.6 Å². The first-order valence-electron chi connectivity index (χ1n) is 10.6. The standard InChI is InChI=1S/C26H20ClFIN3O4/c1-2-35-23-13-16(11-17(14-30)26(34)32-21-7-3-18(27)4-8-21)12-22(29)25(23)36-15-24(33)31-20-9-5-19(28)6-10-20/h3-13H,2,15H2,1H3,(H,31,33)(H,32,34)/b17-11-. The molecule has 3 aromatic carbocycles. The molecule has 0 radical (unpaired) electrons. The molecular weight excluding hydrogens is 600 g/mol. The second-order valence-electron chi connectivity index (χ2n) is 7.24. The molecule has 0 saturated carbocycles. The van der Waals surface area contributed by atoms with Crippen LogP contribution in [0, 0.1) is 20.7 Å². The minimum Gasteiger partial charge on any atom is -0.490 e. The SMILES string of the molecule is CCOc1cc(/C=C(/C#N)C(=O)Nc2ccc(Cl)cc2)cc(I)c1OCC(=O)Nc1ccc(F)cc1. The van der Waals surface area contributed by atoms with Gasteiger partial charge in [0.05, 0.1) is 10.2 Å². The molecule has 184 valence electrons. The van der Waals surface area contributed by atoms with Crippen LogP contribution in [0.3, 0.4) is 0 Å². The maximum absolute atomic E-state index is 13.0. The molecule has 0 aliphatic carbocycles. The van der Waals surface area contributed by atoms with Crippen molar-refractivity contribution in [2.45, 2.75) is 6.92 Å². The van der Waals surface area contributed by atoms with E-state index in [9.17, 15) is 19.2 Å². The number of carbonyl (C=O) groups excluding carboxylic acids is 2. The smallest absolute Gasteiger partial charge is 0.266 e. The van der Waals surface area contributed by atoms with Crippen molar-refractivity contribution < 1.29 is 23.5 Å². The lowest BCUT2D eigenvalue weighted by molar-refractivity contribution is -0.118. The molecule has 0 atom stereocenters. The van der Waals surface area contributed by atoms with Crippen LogP contribution < -0.4 is 20.1 Å². The quantitative estimate of drug-likeness (QED) is 0.173. The van der Waals surface area contributed by atoms with Gasteiger partial charge in [-0.25, -0.2) is 4.39 Å². The molecule has 3 aromatic rings. The minimum atomic E-state index is -0.578. The summed E-state index contributed by atoms with van der Waals surface area (Å²) < 4.78 is 25.0. The Morgan fingerprint density at radius 1 is 1.06 bits per heavy atom. The van der Waals surface area contributed by atoms with Crippen LogP contribution in [0.4, 0.5) is 15.8 Å². The Morgan fingerprint density at radius 2 is 1.69 bits per heavy atom. The zero-order chi connectivity index (χ0) is 26.1. The number of benzene rings is 3. The van der Waals surface area contributed by atoms with Crippen LogP contribution in [0.25, 0.3) is 6.08 Å². The number of halogens is 3. The first-order chi connectivity index (χ1) is 17.3. The molecule has 0 bridgehead atoms. The molecule has 0 unspecified atom stereocenters. The number of carbonyl (C=O) groups is 2. The van der Waals surface area contributed by atoms with Crippen LogP contribution in [-0.2, 0) is 9.59 Å². The van der Waals surface area contributed by atoms with Gasteiger partial charge in [-0.2, -0.15) is 5.26 Å². The highest BCUT2D eigenvalue weighted by atomic mass is 127. The fraction of sp³-hybridized carbons (Fsp3) is 0.115. The summed E-state index contributed by atoms with van der Waals surface area (Å²) in [7, 11) is 0. The fourth-order valence-corrected chi connectivity index (χ4v) is 3.90. The van der Waals surface area contributed by atoms with Gasteiger partial charge in [0.2, 0.25) is 0 Å². The largest absolute Gasteiger partial charge is 0.490 e. The molecule has 0 spiro atoms. The summed E-state index contributed by atoms with van der Waals surface area (Å²) in [6, 6.07) is 17.1. The lowest BCUT2D eigenvalue weighted by Gasteiger charge is -2.15. The summed E-state index contributed by atoms with van der Waals surface area (Å²) in [4.78, 5) is 24.9. The average molecular weight is 620 g/mol. The number of nitrogens with zero attached hydrogens (tertiary/aromatic N) is 1. The Labute approximate surface area is 226 Å². The zero-order valence-electron chi connectivity index (χ0n) is 19.0. The molecule has 3 rings (SSSR count). The van der Waals surface area contributed by atoms with Crippen molar-refractivity contribution in [3.8, 4) is 17.6 Å². The van der Waals surface area contributed by atoms with Crippen molar-refractivity contribution in [3.63, 3.8) is 0 Å². The molecule has 0 heterocycles. The molecule has 2 N–H and O–H groups in total. The van der Waals surface area contributed by atoms with Gasteiger partial charge in [-0.15, -0.1) is 0 Å². The number of rotatable bonds is 9. The van der Waals surface area contributed by atoms with Crippen molar-refractivity contribution >= 4 is 63.5 Å². The first kappa shape index (κ1) is 27.0. The molecule has 0 aliphatic heterocycles. The third-order valence-corrected chi connectivity index (χ3v) is 5.64. The van der Waals surface area contributed by atoms with Crippen molar-refractivity contribution in [2.24, 2.45) is 0 Å². The molecule has 0 aromatic heterocycles. The van der Waals surface area contributed by atoms with E-state index in [1.807, 2.05) is 28.7 Å². The third kappa shape index (κ3) is 7.69. The summed E-state index contributed by atoms with van der Waals surface area (Å²) in [5.74, 6) is -0.732. The molecule has 36 heavy (non-hydrogen) atoms. The molecule has 7 nitrogen and oxygen atoms in total. The topological polar surface area (TPSA) is 100 Å². The van der Waals surface area contributed by atoms with E-state index in [0.717, 1.165) is 0 Å². The lowest BCUT2D eigenvalue weighted by Crippen LogP contribution is -2.20. The molecule has 0 aliphatic rings. The van der Waals surface area contributed by atoms with Gasteiger partial charge in [0.1, 0.15) is 17.5 Å². The maximum Gasteiger partial charge on any atom is 0.266 e. The number of nitrogens with one attached hydrogen (secondary N) is 2. The van der Waals surface area contributed by atoms with Crippen molar-refractivity contribution in [1.29, 1.82) is 5.26 Å². The molecule has 2 amide bonds. The van der Waals surface area contributed by atoms with Crippen LogP contribution in [0.1, 0.15) is 12.5 Å². The second kappa shape index (κ2) is 12.9. The average Bonchev–Trinajstić information content (AvgIpc) is 2.85. The van der Waals surface area contributed by atoms with Gasteiger partial charge in [0.15, 0.2) is 18.1 Å². The first-order valence-corrected chi connectivity index (χ1v) is 12.1. The summed E-state index contributed by atoms with van der Waals surface area (Å²) in [6.45, 7) is 1.81. The highest BCUT2D eigenvalue weighted by molar-refractivity contribution is 14.1. The van der Waals surface area contributed by atoms with Gasteiger partial charge < -0.3 is 20.1 Å². The van der Waals surface area contributed by atoms with Crippen LogP contribution in [-0.4, -0.2) is 25.0 Å². The molecule has 0 fully saturated rings. The molecule has 10 heteroatoms. The monoisotopic (exact) mass is 619 g/mol. The van der Waals surface area contributed by atoms with Gasteiger partial charge in [0, 0.05) is 16.4 Å². The highest BCUT2D eigenvalue weighted by Gasteiger charge is 2.16. The van der Waals surface area contributed by atoms with Crippen LogP contribution >= 0.6 is 34.2 Å². The van der Waals surface area contributed by atoms with Crippen molar-refractivity contribution in [3.05, 3.63) is 86.2 Å². The van der Waals surface area contributed by atoms with Gasteiger partial charge in [-0.1, -0.05) is 11.6 Å². The van der Waals surface area contributed by atoms with E-state index >= 15 is 0 Å². The Hall–Kier alpha value is -3.62. The third-order valence-electron chi connectivity index (χ3n) is 4.59. The Bertz CT molecular complexity index is 1320. The maximum atomic E-state index is 13.0. The highest BCUT2D eigenvalue weighted by Crippen LogP contribution is 2.35. The van der Waals surface area contributed by atoms with E-state index in [1.165, 1.54) is 30.3 Å². The lowest BCUT2D eigenvalue weighted by atomic mass is 10.1. The zero-order valence-corrected chi connectivity index (χ0v) is 21.9. The number of hydrogen-bond donors (Lipinski definition) is 2. The summed E-state index contributed by atoms with van der Waals surface area (Å²) in [5.41, 5.74) is 1.35. The normalized spacial score (nSPS) is 10.8. The molecule has 0 saturated heterocycles. The van der Waals surface area contributed by atoms with Crippen LogP contribution in [0.15, 0.2) is 66.2 Å². The van der Waals surface area contributed by atoms with Gasteiger partial charge in [-0.05, 0) is 102 Å². The number of hydrogen-bond acceptors (Lipinski definition) is 5. The number of amides is 2. The Morgan fingerprint density at radius 3 is 2.33 bits per heavy atom. The number of nitriles is 1. The number of anilines is 2. The van der Waals surface area contributed by atoms with Crippen LogP contribution in [0.5, 0.6) is 11.5 Å². The fourth-order valence-electron chi connectivity index (χ4n) is 2.99. The molecular formula is C26H20ClFIN3O4. The van der Waals surface area contributed by atoms with Gasteiger partial charge in [0.25, 0.3) is 11.8 Å². The van der Waals surface area contributed by atoms with E-state index in [4.69, 9.17) is 21.1 Å². The van der Waals surface area contributed by atoms with E-state index in [2.05, 4.69) is 10.6 Å². The van der Waals surface area contributed by atoms with Gasteiger partial charge in [-0.3, -0.25) is 9.59 Å². The van der Waals surface area contributed by atoms with Gasteiger partial charge >= 0.3 is 0 Å². The summed E-state index contributed by atoms with van der Waals surface area (Å²) >= 11 is 7.88. The predicted molar refractivity (Wildman–Crippen MR) is 145 cm³/mol. The summed E-state index contributed by atoms with van der Waals surface area (Å²) in [5, 5.41) is 15.3. The van der Waals surface area contributed by atoms with E-state index < -0.39 is 17.6 Å². The Balaban J connectivity index is 1.76. The van der Waals surface area contributed by atoms with Crippen molar-refractivity contribution in [1.82, 2.24) is 0 Å². The Kier molecular flexibility index (Phi) is 9.67. The van der Waals surface area contributed by atoms with E-state index in [1.54, 1.807) is 43.3 Å². The summed E-state index contributed by atoms with van der Waals surface area (Å²) in [6.07, 6.45) is 1.43. The van der Waals surface area contributed by atoms with E-state index in [-0.39, 0.29) is 12.2 Å².